The molecular weight excluding hydrogens is 142 g/mol. The minimum Gasteiger partial charge on any atom is -0.348 e. The maximum Gasteiger partial charge on any atom is 0.165 e. The van der Waals surface area contributed by atoms with E-state index in [1.165, 1.54) is 0 Å². The van der Waals surface area contributed by atoms with Crippen molar-refractivity contribution in [1.29, 1.82) is 0 Å². The van der Waals surface area contributed by atoms with Crippen molar-refractivity contribution in [2.45, 2.75) is 38.5 Å². The van der Waals surface area contributed by atoms with Crippen molar-refractivity contribution >= 4 is 0 Å². The molecule has 0 aromatic rings. The Hall–Kier alpha value is -0.120. The van der Waals surface area contributed by atoms with Gasteiger partial charge in [0.2, 0.25) is 0 Å². The van der Waals surface area contributed by atoms with Crippen molar-refractivity contribution in [1.82, 2.24) is 0 Å². The lowest BCUT2D eigenvalue weighted by Gasteiger charge is -2.22. The Morgan fingerprint density at radius 2 is 2.00 bits per heavy atom. The van der Waals surface area contributed by atoms with Gasteiger partial charge in [0.25, 0.3) is 0 Å². The Morgan fingerprint density at radius 1 is 1.45 bits per heavy atom. The Bertz CT molecular complexity index is 119. The van der Waals surface area contributed by atoms with E-state index in [1.54, 1.807) is 0 Å². The van der Waals surface area contributed by atoms with Crippen LogP contribution in [0.1, 0.15) is 26.7 Å². The number of rotatable bonds is 3. The summed E-state index contributed by atoms with van der Waals surface area (Å²) >= 11 is 0. The van der Waals surface area contributed by atoms with Crippen LogP contribution in [0.15, 0.2) is 0 Å². The summed E-state index contributed by atoms with van der Waals surface area (Å²) in [6.07, 6.45) is 1.85. The average Bonchev–Trinajstić information content (AvgIpc) is 2.33. The van der Waals surface area contributed by atoms with Crippen LogP contribution in [0.25, 0.3) is 0 Å². The summed E-state index contributed by atoms with van der Waals surface area (Å²) < 4.78 is 10.8. The molecule has 66 valence electrons. The Morgan fingerprint density at radius 3 is 2.45 bits per heavy atom. The number of ether oxygens (including phenoxy) is 2. The molecule has 11 heavy (non-hydrogen) atoms. The van der Waals surface area contributed by atoms with Gasteiger partial charge in [-0.15, -0.1) is 0 Å². The second kappa shape index (κ2) is 3.52. The zero-order valence-corrected chi connectivity index (χ0v) is 7.30. The van der Waals surface area contributed by atoms with Gasteiger partial charge in [-0.3, -0.25) is 0 Å². The standard InChI is InChI=1S/C8H17NO2/c1-7(9)3-4-8(2)10-5-6-11-8/h7H,3-6,9H2,1-2H3/t7-/m1/s1. The van der Waals surface area contributed by atoms with Gasteiger partial charge >= 0.3 is 0 Å². The van der Waals surface area contributed by atoms with E-state index in [-0.39, 0.29) is 11.8 Å². The van der Waals surface area contributed by atoms with Gasteiger partial charge in [-0.1, -0.05) is 0 Å². The first-order chi connectivity index (χ1) is 5.12. The van der Waals surface area contributed by atoms with Crippen LogP contribution < -0.4 is 5.73 Å². The van der Waals surface area contributed by atoms with E-state index >= 15 is 0 Å². The van der Waals surface area contributed by atoms with Crippen molar-refractivity contribution in [2.75, 3.05) is 13.2 Å². The average molecular weight is 159 g/mol. The third kappa shape index (κ3) is 2.77. The minimum absolute atomic E-state index is 0.236. The monoisotopic (exact) mass is 159 g/mol. The van der Waals surface area contributed by atoms with Gasteiger partial charge in [0.05, 0.1) is 13.2 Å². The molecule has 1 atom stereocenters. The highest BCUT2D eigenvalue weighted by atomic mass is 16.7. The fraction of sp³-hybridized carbons (Fsp3) is 1.00. The van der Waals surface area contributed by atoms with E-state index in [9.17, 15) is 0 Å². The quantitative estimate of drug-likeness (QED) is 0.664. The van der Waals surface area contributed by atoms with Crippen molar-refractivity contribution < 1.29 is 9.47 Å². The van der Waals surface area contributed by atoms with Crippen LogP contribution in [0.4, 0.5) is 0 Å². The van der Waals surface area contributed by atoms with Gasteiger partial charge in [-0.2, -0.15) is 0 Å². The molecule has 1 heterocycles. The van der Waals surface area contributed by atoms with Crippen molar-refractivity contribution in [3.05, 3.63) is 0 Å². The van der Waals surface area contributed by atoms with Gasteiger partial charge in [0.15, 0.2) is 5.79 Å². The minimum atomic E-state index is -0.354. The molecule has 1 saturated heterocycles. The molecule has 2 N–H and O–H groups in total. The lowest BCUT2D eigenvalue weighted by Crippen LogP contribution is -2.28. The van der Waals surface area contributed by atoms with Crippen LogP contribution >= 0.6 is 0 Å². The topological polar surface area (TPSA) is 44.5 Å². The molecule has 0 saturated carbocycles. The Kier molecular flexibility index (Phi) is 2.87. The smallest absolute Gasteiger partial charge is 0.165 e. The second-order valence-corrected chi connectivity index (χ2v) is 3.35. The molecule has 1 aliphatic heterocycles. The van der Waals surface area contributed by atoms with Gasteiger partial charge in [0.1, 0.15) is 0 Å². The van der Waals surface area contributed by atoms with Gasteiger partial charge in [-0.05, 0) is 20.3 Å². The van der Waals surface area contributed by atoms with Crippen molar-refractivity contribution in [2.24, 2.45) is 5.73 Å². The normalized spacial score (nSPS) is 25.4. The fourth-order valence-corrected chi connectivity index (χ4v) is 1.19. The SMILES string of the molecule is C[C@@H](N)CCC1(C)OCCO1. The summed E-state index contributed by atoms with van der Waals surface area (Å²) in [5.74, 6) is -0.354. The molecule has 0 spiro atoms. The molecule has 0 unspecified atom stereocenters. The summed E-state index contributed by atoms with van der Waals surface area (Å²) in [5, 5.41) is 0. The van der Waals surface area contributed by atoms with Crippen LogP contribution in [0.2, 0.25) is 0 Å². The van der Waals surface area contributed by atoms with Crippen LogP contribution in [0, 0.1) is 0 Å². The molecule has 0 aromatic carbocycles. The summed E-state index contributed by atoms with van der Waals surface area (Å²) in [4.78, 5) is 0. The summed E-state index contributed by atoms with van der Waals surface area (Å²) in [7, 11) is 0. The number of nitrogens with two attached hydrogens (primary N) is 1. The van der Waals surface area contributed by atoms with E-state index in [4.69, 9.17) is 15.2 Å². The maximum atomic E-state index is 5.62. The van der Waals surface area contributed by atoms with E-state index in [1.807, 2.05) is 13.8 Å². The lowest BCUT2D eigenvalue weighted by molar-refractivity contribution is -0.147. The molecule has 3 heteroatoms. The van der Waals surface area contributed by atoms with Gasteiger partial charge in [-0.25, -0.2) is 0 Å². The number of hydrogen-bond acceptors (Lipinski definition) is 3. The largest absolute Gasteiger partial charge is 0.348 e. The van der Waals surface area contributed by atoms with Gasteiger partial charge in [0, 0.05) is 12.5 Å². The molecule has 0 bridgehead atoms. The third-order valence-corrected chi connectivity index (χ3v) is 1.95. The van der Waals surface area contributed by atoms with E-state index < -0.39 is 0 Å². The van der Waals surface area contributed by atoms with Crippen LogP contribution in [0.5, 0.6) is 0 Å². The van der Waals surface area contributed by atoms with E-state index in [0.717, 1.165) is 26.1 Å². The zero-order valence-electron chi connectivity index (χ0n) is 7.30. The third-order valence-electron chi connectivity index (χ3n) is 1.95. The fourth-order valence-electron chi connectivity index (χ4n) is 1.19. The highest BCUT2D eigenvalue weighted by molar-refractivity contribution is 4.70. The highest BCUT2D eigenvalue weighted by Gasteiger charge is 2.30. The molecule has 1 fully saturated rings. The van der Waals surface area contributed by atoms with Crippen LogP contribution in [-0.4, -0.2) is 25.0 Å². The summed E-state index contributed by atoms with van der Waals surface area (Å²) in [5.41, 5.74) is 5.62. The van der Waals surface area contributed by atoms with Crippen molar-refractivity contribution in [3.8, 4) is 0 Å². The molecule has 0 amide bonds. The second-order valence-electron chi connectivity index (χ2n) is 3.35. The number of hydrogen-bond donors (Lipinski definition) is 1. The van der Waals surface area contributed by atoms with Crippen molar-refractivity contribution in [3.63, 3.8) is 0 Å². The Balaban J connectivity index is 2.23. The lowest BCUT2D eigenvalue weighted by atomic mass is 10.1. The molecule has 1 rings (SSSR count). The van der Waals surface area contributed by atoms with E-state index in [2.05, 4.69) is 0 Å². The first kappa shape index (κ1) is 8.97. The van der Waals surface area contributed by atoms with E-state index in [0.29, 0.717) is 0 Å². The zero-order chi connectivity index (χ0) is 8.32. The first-order valence-electron chi connectivity index (χ1n) is 4.16. The molecule has 0 radical (unpaired) electrons. The van der Waals surface area contributed by atoms with Gasteiger partial charge < -0.3 is 15.2 Å². The molecule has 3 nitrogen and oxygen atoms in total. The van der Waals surface area contributed by atoms with Crippen LogP contribution in [-0.2, 0) is 9.47 Å². The predicted octanol–water partition coefficient (Wildman–Crippen LogP) is 0.877. The van der Waals surface area contributed by atoms with Crippen LogP contribution in [0.3, 0.4) is 0 Å². The maximum absolute atomic E-state index is 5.62. The first-order valence-corrected chi connectivity index (χ1v) is 4.16. The highest BCUT2D eigenvalue weighted by Crippen LogP contribution is 2.24. The summed E-state index contributed by atoms with van der Waals surface area (Å²) in [6, 6.07) is 0.236. The summed E-state index contributed by atoms with van der Waals surface area (Å²) in [6.45, 7) is 5.41. The molecule has 0 aliphatic carbocycles. The molecule has 1 aliphatic rings. The molecular formula is C8H17NO2. The molecule has 0 aromatic heterocycles. The predicted molar refractivity (Wildman–Crippen MR) is 43.2 cm³/mol. The Labute approximate surface area is 67.9 Å².